The molecule has 1 aliphatic rings. The summed E-state index contributed by atoms with van der Waals surface area (Å²) in [5.41, 5.74) is 0. The zero-order valence-electron chi connectivity index (χ0n) is 15.2. The molecule has 1 aromatic heterocycles. The Morgan fingerprint density at radius 3 is 2.48 bits per heavy atom. The molecule has 6 nitrogen and oxygen atoms in total. The van der Waals surface area contributed by atoms with E-state index >= 15 is 0 Å². The van der Waals surface area contributed by atoms with Gasteiger partial charge < -0.3 is 15.0 Å². The Morgan fingerprint density at radius 2 is 1.96 bits per heavy atom. The molecular formula is C18H30ClN3O3. The SMILES string of the molecule is CCC[C@@H](CN1CC(n2cccc2)CC1C(=O)O)C(C)NC(C)=O.Cl. The Bertz CT molecular complexity index is 550. The molecule has 0 saturated carbocycles. The van der Waals surface area contributed by atoms with Crippen molar-refractivity contribution in [1.29, 1.82) is 0 Å². The van der Waals surface area contributed by atoms with Gasteiger partial charge in [0, 0.05) is 44.5 Å². The quantitative estimate of drug-likeness (QED) is 0.736. The van der Waals surface area contributed by atoms with Gasteiger partial charge in [-0.05, 0) is 37.8 Å². The molecule has 7 heteroatoms. The van der Waals surface area contributed by atoms with Gasteiger partial charge >= 0.3 is 5.97 Å². The number of halogens is 1. The van der Waals surface area contributed by atoms with Crippen LogP contribution < -0.4 is 5.32 Å². The smallest absolute Gasteiger partial charge is 0.321 e. The molecule has 0 radical (unpaired) electrons. The molecule has 142 valence electrons. The molecule has 1 amide bonds. The lowest BCUT2D eigenvalue weighted by Crippen LogP contribution is -2.45. The van der Waals surface area contributed by atoms with Crippen LogP contribution in [0.2, 0.25) is 0 Å². The lowest BCUT2D eigenvalue weighted by molar-refractivity contribution is -0.142. The van der Waals surface area contributed by atoms with E-state index in [1.807, 2.05) is 31.5 Å². The number of aliphatic carboxylic acids is 1. The molecular weight excluding hydrogens is 342 g/mol. The molecule has 0 spiro atoms. The highest BCUT2D eigenvalue weighted by Crippen LogP contribution is 2.29. The fourth-order valence-corrected chi connectivity index (χ4v) is 3.76. The minimum absolute atomic E-state index is 0. The fourth-order valence-electron chi connectivity index (χ4n) is 3.76. The van der Waals surface area contributed by atoms with Crippen LogP contribution in [-0.4, -0.2) is 51.6 Å². The van der Waals surface area contributed by atoms with Gasteiger partial charge in [0.15, 0.2) is 0 Å². The number of nitrogens with zero attached hydrogens (tertiary/aromatic N) is 2. The van der Waals surface area contributed by atoms with Crippen LogP contribution in [0.1, 0.15) is 46.1 Å². The van der Waals surface area contributed by atoms with Gasteiger partial charge in [0.2, 0.25) is 5.91 Å². The second-order valence-electron chi connectivity index (χ2n) is 6.87. The highest BCUT2D eigenvalue weighted by Gasteiger charge is 2.38. The molecule has 25 heavy (non-hydrogen) atoms. The van der Waals surface area contributed by atoms with Crippen molar-refractivity contribution in [2.75, 3.05) is 13.1 Å². The first-order valence-corrected chi connectivity index (χ1v) is 8.78. The molecule has 4 atom stereocenters. The van der Waals surface area contributed by atoms with E-state index in [-0.39, 0.29) is 36.3 Å². The standard InChI is InChI=1S/C18H29N3O3.ClH/c1-4-7-15(13(2)19-14(3)22)11-21-12-16(10-17(21)18(23)24)20-8-5-6-9-20;/h5-6,8-9,13,15-17H,4,7,10-12H2,1-3H3,(H,19,22)(H,23,24);1H/t13?,15-,16?,17?;/m0./s1. The van der Waals surface area contributed by atoms with Gasteiger partial charge in [0.05, 0.1) is 0 Å². The maximum Gasteiger partial charge on any atom is 0.321 e. The number of likely N-dealkylation sites (tertiary alicyclic amines) is 1. The Balaban J connectivity index is 0.00000312. The average Bonchev–Trinajstić information content (AvgIpc) is 3.15. The van der Waals surface area contributed by atoms with Gasteiger partial charge in [0.1, 0.15) is 6.04 Å². The van der Waals surface area contributed by atoms with Gasteiger partial charge in [-0.3, -0.25) is 14.5 Å². The minimum Gasteiger partial charge on any atom is -0.480 e. The number of rotatable bonds is 8. The number of carbonyl (C=O) groups is 2. The first-order valence-electron chi connectivity index (χ1n) is 8.78. The van der Waals surface area contributed by atoms with Crippen molar-refractivity contribution in [2.45, 2.75) is 58.2 Å². The number of carboxylic acids is 1. The summed E-state index contributed by atoms with van der Waals surface area (Å²) >= 11 is 0. The van der Waals surface area contributed by atoms with Gasteiger partial charge in [-0.2, -0.15) is 0 Å². The summed E-state index contributed by atoms with van der Waals surface area (Å²) in [5.74, 6) is -0.540. The van der Waals surface area contributed by atoms with Crippen LogP contribution in [0.15, 0.2) is 24.5 Å². The largest absolute Gasteiger partial charge is 0.480 e. The Morgan fingerprint density at radius 1 is 1.32 bits per heavy atom. The first-order chi connectivity index (χ1) is 11.4. The number of aromatic nitrogens is 1. The Hall–Kier alpha value is -1.53. The molecule has 2 heterocycles. The second-order valence-corrected chi connectivity index (χ2v) is 6.87. The minimum atomic E-state index is -0.757. The second kappa shape index (κ2) is 9.82. The summed E-state index contributed by atoms with van der Waals surface area (Å²) in [6.45, 7) is 7.09. The molecule has 0 bridgehead atoms. The number of nitrogens with one attached hydrogen (secondary N) is 1. The lowest BCUT2D eigenvalue weighted by Gasteiger charge is -2.30. The molecule has 1 aromatic rings. The third kappa shape index (κ3) is 5.75. The predicted octanol–water partition coefficient (Wildman–Crippen LogP) is 2.55. The maximum atomic E-state index is 11.7. The van der Waals surface area contributed by atoms with Crippen LogP contribution >= 0.6 is 12.4 Å². The van der Waals surface area contributed by atoms with E-state index in [1.54, 1.807) is 0 Å². The van der Waals surface area contributed by atoms with Crippen LogP contribution in [0, 0.1) is 5.92 Å². The summed E-state index contributed by atoms with van der Waals surface area (Å²) in [6, 6.07) is 3.72. The zero-order valence-corrected chi connectivity index (χ0v) is 16.0. The van der Waals surface area contributed by atoms with Crippen molar-refractivity contribution in [2.24, 2.45) is 5.92 Å². The number of amides is 1. The van der Waals surface area contributed by atoms with Crippen molar-refractivity contribution >= 4 is 24.3 Å². The fraction of sp³-hybridized carbons (Fsp3) is 0.667. The lowest BCUT2D eigenvalue weighted by atomic mass is 9.95. The van der Waals surface area contributed by atoms with Crippen molar-refractivity contribution < 1.29 is 14.7 Å². The van der Waals surface area contributed by atoms with Crippen LogP contribution in [0.4, 0.5) is 0 Å². The summed E-state index contributed by atoms with van der Waals surface area (Å²) in [6.07, 6.45) is 6.60. The highest BCUT2D eigenvalue weighted by molar-refractivity contribution is 5.85. The molecule has 0 aromatic carbocycles. The van der Waals surface area contributed by atoms with Crippen molar-refractivity contribution in [3.63, 3.8) is 0 Å². The third-order valence-corrected chi connectivity index (χ3v) is 4.98. The zero-order chi connectivity index (χ0) is 17.7. The molecule has 1 saturated heterocycles. The third-order valence-electron chi connectivity index (χ3n) is 4.98. The van der Waals surface area contributed by atoms with Crippen LogP contribution in [0.25, 0.3) is 0 Å². The van der Waals surface area contributed by atoms with Crippen molar-refractivity contribution in [3.8, 4) is 0 Å². The summed E-state index contributed by atoms with van der Waals surface area (Å²) in [7, 11) is 0. The van der Waals surface area contributed by atoms with Crippen LogP contribution in [-0.2, 0) is 9.59 Å². The van der Waals surface area contributed by atoms with Crippen LogP contribution in [0.5, 0.6) is 0 Å². The Labute approximate surface area is 156 Å². The van der Waals surface area contributed by atoms with E-state index in [0.717, 1.165) is 19.4 Å². The highest BCUT2D eigenvalue weighted by atomic mass is 35.5. The van der Waals surface area contributed by atoms with Gasteiger partial charge in [-0.15, -0.1) is 12.4 Å². The normalized spacial score (nSPS) is 22.8. The van der Waals surface area contributed by atoms with E-state index in [9.17, 15) is 14.7 Å². The molecule has 0 aliphatic carbocycles. The summed E-state index contributed by atoms with van der Waals surface area (Å²) in [5, 5.41) is 12.6. The first kappa shape index (κ1) is 21.5. The molecule has 1 fully saturated rings. The van der Waals surface area contributed by atoms with E-state index in [0.29, 0.717) is 13.0 Å². The maximum absolute atomic E-state index is 11.7. The molecule has 2 N–H and O–H groups in total. The van der Waals surface area contributed by atoms with Gasteiger partial charge in [-0.25, -0.2) is 0 Å². The van der Waals surface area contributed by atoms with Gasteiger partial charge in [0.25, 0.3) is 0 Å². The van der Waals surface area contributed by atoms with E-state index < -0.39 is 12.0 Å². The van der Waals surface area contributed by atoms with E-state index in [1.165, 1.54) is 6.92 Å². The van der Waals surface area contributed by atoms with Crippen LogP contribution in [0.3, 0.4) is 0 Å². The number of carboxylic acid groups (broad SMARTS) is 1. The molecule has 1 aliphatic heterocycles. The number of hydrogen-bond acceptors (Lipinski definition) is 3. The van der Waals surface area contributed by atoms with Crippen molar-refractivity contribution in [1.82, 2.24) is 14.8 Å². The van der Waals surface area contributed by atoms with Crippen molar-refractivity contribution in [3.05, 3.63) is 24.5 Å². The number of carbonyl (C=O) groups excluding carboxylic acids is 1. The monoisotopic (exact) mass is 371 g/mol. The molecule has 2 rings (SSSR count). The summed E-state index contributed by atoms with van der Waals surface area (Å²) < 4.78 is 2.10. The number of hydrogen-bond donors (Lipinski definition) is 2. The Kier molecular flexibility index (Phi) is 8.45. The van der Waals surface area contributed by atoms with Gasteiger partial charge in [-0.1, -0.05) is 13.3 Å². The van der Waals surface area contributed by atoms with E-state index in [2.05, 4.69) is 21.7 Å². The topological polar surface area (TPSA) is 74.6 Å². The van der Waals surface area contributed by atoms with E-state index in [4.69, 9.17) is 0 Å². The molecule has 3 unspecified atom stereocenters. The average molecular weight is 372 g/mol. The predicted molar refractivity (Wildman–Crippen MR) is 100 cm³/mol. The summed E-state index contributed by atoms with van der Waals surface area (Å²) in [4.78, 5) is 25.1.